The second kappa shape index (κ2) is 8.62. The zero-order valence-corrected chi connectivity index (χ0v) is 9.64. The summed E-state index contributed by atoms with van der Waals surface area (Å²) in [4.78, 5) is 20.6. The maximum atomic E-state index is 10.9. The summed E-state index contributed by atoms with van der Waals surface area (Å²) in [5.74, 6) is -5.46. The average molecular weight is 216 g/mol. The number of rotatable bonds is 2. The van der Waals surface area contributed by atoms with E-state index in [1.165, 1.54) is 0 Å². The molecule has 0 saturated carbocycles. The van der Waals surface area contributed by atoms with E-state index in [0.717, 1.165) is 0 Å². The van der Waals surface area contributed by atoms with Crippen molar-refractivity contribution in [3.05, 3.63) is 23.3 Å². The monoisotopic (exact) mass is 216 g/mol. The third-order valence-electron chi connectivity index (χ3n) is 1.53. The first-order valence-corrected chi connectivity index (χ1v) is 3.40. The van der Waals surface area contributed by atoms with E-state index >= 15 is 0 Å². The number of benzene rings is 1. The van der Waals surface area contributed by atoms with E-state index in [1.54, 1.807) is 0 Å². The molecule has 0 saturated heterocycles. The van der Waals surface area contributed by atoms with Crippen LogP contribution in [0.2, 0.25) is 0 Å². The Labute approximate surface area is 133 Å². The molecule has 0 radical (unpaired) electrons. The van der Waals surface area contributed by atoms with Crippen LogP contribution in [-0.2, 0) is 0 Å². The Balaban J connectivity index is -0.000000653. The Kier molecular flexibility index (Phi) is 11.0. The summed E-state index contributed by atoms with van der Waals surface area (Å²) in [6.45, 7) is 0. The van der Waals surface area contributed by atoms with Gasteiger partial charge in [0.25, 0.3) is 0 Å². The van der Waals surface area contributed by atoms with Gasteiger partial charge in [-0.05, 0) is 5.56 Å². The minimum Gasteiger partial charge on any atom is -0.872 e. The van der Waals surface area contributed by atoms with Crippen LogP contribution in [0.15, 0.2) is 12.1 Å². The third-order valence-corrected chi connectivity index (χ3v) is 1.53. The van der Waals surface area contributed by atoms with E-state index in [1.807, 2.05) is 0 Å². The molecule has 6 nitrogen and oxygen atoms in total. The van der Waals surface area contributed by atoms with E-state index in [2.05, 4.69) is 0 Å². The molecule has 0 aliphatic carbocycles. The number of hydrogen-bond donors (Lipinski definition) is 1. The molecular weight excluding hydrogens is 213 g/mol. The van der Waals surface area contributed by atoms with Gasteiger partial charge >= 0.3 is 62.6 Å². The Morgan fingerprint density at radius 2 is 1.29 bits per heavy atom. The predicted octanol–water partition coefficient (Wildman–Crippen LogP) is -11.1. The van der Waals surface area contributed by atoms with Crippen molar-refractivity contribution < 1.29 is 86.6 Å². The fourth-order valence-corrected chi connectivity index (χ4v) is 0.887. The summed E-state index contributed by atoms with van der Waals surface area (Å²) in [7, 11) is 0. The zero-order chi connectivity index (χ0) is 10.9. The Bertz CT molecular complexity index is 380. The molecule has 0 aliphatic heterocycles. The maximum Gasteiger partial charge on any atom is 1.00 e. The largest absolute Gasteiger partial charge is 1.00 e. The van der Waals surface area contributed by atoms with Crippen LogP contribution in [-0.4, -0.2) is 17.0 Å². The molecule has 1 aromatic carbocycles. The van der Waals surface area contributed by atoms with Crippen LogP contribution in [0.25, 0.3) is 0 Å². The quantitative estimate of drug-likeness (QED) is 0.489. The van der Waals surface area contributed by atoms with Gasteiger partial charge in [0.05, 0.1) is 11.5 Å². The van der Waals surface area contributed by atoms with Crippen LogP contribution in [0.5, 0.6) is 11.5 Å². The molecule has 17 heavy (non-hydrogen) atoms. The normalized spacial score (nSPS) is 8.00. The van der Waals surface area contributed by atoms with E-state index in [0.29, 0.717) is 12.1 Å². The van der Waals surface area contributed by atoms with Gasteiger partial charge in [-0.3, -0.25) is 0 Å². The number of aromatic carboxylic acids is 2. The summed E-state index contributed by atoms with van der Waals surface area (Å²) < 4.78 is 0. The van der Waals surface area contributed by atoms with Crippen molar-refractivity contribution >= 4 is 11.9 Å². The van der Waals surface area contributed by atoms with Crippen LogP contribution >= 0.6 is 0 Å². The first-order valence-electron chi connectivity index (χ1n) is 3.40. The van der Waals surface area contributed by atoms with E-state index in [4.69, 9.17) is 5.11 Å². The molecular formula is C8H3Li3O6. The topological polar surface area (TPSA) is 124 Å². The molecule has 1 N–H and O–H groups in total. The second-order valence-electron chi connectivity index (χ2n) is 2.44. The van der Waals surface area contributed by atoms with Crippen molar-refractivity contribution in [1.82, 2.24) is 0 Å². The third kappa shape index (κ3) is 5.15. The van der Waals surface area contributed by atoms with Crippen molar-refractivity contribution in [2.75, 3.05) is 0 Å². The average Bonchev–Trinajstić information content (AvgIpc) is 2.07. The number of hydrogen-bond acceptors (Lipinski definition) is 5. The second-order valence-corrected chi connectivity index (χ2v) is 2.44. The van der Waals surface area contributed by atoms with Gasteiger partial charge in [-0.2, -0.15) is 0 Å². The molecule has 0 heterocycles. The molecule has 0 atom stereocenters. The minimum atomic E-state index is -1.80. The SMILES string of the molecule is O=C([O-])c1cc([O-])c(C(=O)O)cc1[O-].[Li+].[Li+].[Li+]. The molecule has 1 aromatic rings. The van der Waals surface area contributed by atoms with Crippen LogP contribution < -0.4 is 71.9 Å². The summed E-state index contributed by atoms with van der Waals surface area (Å²) in [6, 6.07) is 0.914. The fraction of sp³-hybridized carbons (Fsp3) is 0. The van der Waals surface area contributed by atoms with Gasteiger partial charge in [0.2, 0.25) is 0 Å². The van der Waals surface area contributed by atoms with Crippen molar-refractivity contribution in [1.29, 1.82) is 0 Å². The minimum absolute atomic E-state index is 0. The molecule has 74 valence electrons. The number of carbonyl (C=O) groups is 2. The number of carboxylic acid groups (broad SMARTS) is 2. The summed E-state index contributed by atoms with van der Waals surface area (Å²) in [6.07, 6.45) is 0. The molecule has 0 bridgehead atoms. The Morgan fingerprint density at radius 1 is 0.941 bits per heavy atom. The van der Waals surface area contributed by atoms with Crippen LogP contribution in [0, 0.1) is 0 Å². The van der Waals surface area contributed by atoms with Gasteiger partial charge in [0.1, 0.15) is 0 Å². The van der Waals surface area contributed by atoms with Crippen molar-refractivity contribution in [3.8, 4) is 11.5 Å². The maximum absolute atomic E-state index is 10.9. The smallest absolute Gasteiger partial charge is 0.872 e. The first kappa shape index (κ1) is 21.8. The van der Waals surface area contributed by atoms with Crippen LogP contribution in [0.4, 0.5) is 0 Å². The molecule has 0 aliphatic rings. The Hall–Kier alpha value is -0.448. The molecule has 0 spiro atoms. The predicted molar refractivity (Wildman–Crippen MR) is 36.6 cm³/mol. The van der Waals surface area contributed by atoms with Crippen molar-refractivity contribution in [3.63, 3.8) is 0 Å². The standard InChI is InChI=1S/C8H6O6.3Li/c9-5-1-3(7(11)12)6(10)2-4(5)8(13)14;;;/h1-2,9-10H,(H,11,12)(H,13,14);;;/q;3*+1/p-3. The van der Waals surface area contributed by atoms with Gasteiger partial charge in [-0.1, -0.05) is 23.6 Å². The molecule has 1 rings (SSSR count). The van der Waals surface area contributed by atoms with Gasteiger partial charge in [-0.15, -0.1) is 0 Å². The van der Waals surface area contributed by atoms with Crippen LogP contribution in [0.1, 0.15) is 20.7 Å². The van der Waals surface area contributed by atoms with E-state index in [-0.39, 0.29) is 56.6 Å². The van der Waals surface area contributed by atoms with Gasteiger partial charge < -0.3 is 25.2 Å². The fourth-order valence-electron chi connectivity index (χ4n) is 0.887. The zero-order valence-electron chi connectivity index (χ0n) is 9.64. The summed E-state index contributed by atoms with van der Waals surface area (Å²) in [5.41, 5.74) is -1.58. The number of carbonyl (C=O) groups excluding carboxylic acids is 1. The molecule has 0 fully saturated rings. The van der Waals surface area contributed by atoms with Crippen molar-refractivity contribution in [2.24, 2.45) is 0 Å². The number of carboxylic acids is 2. The van der Waals surface area contributed by atoms with Gasteiger partial charge in [0, 0.05) is 0 Å². The molecule has 0 amide bonds. The van der Waals surface area contributed by atoms with Gasteiger partial charge in [-0.25, -0.2) is 4.79 Å². The van der Waals surface area contributed by atoms with E-state index in [9.17, 15) is 24.9 Å². The molecule has 0 aromatic heterocycles. The Morgan fingerprint density at radius 3 is 1.65 bits per heavy atom. The van der Waals surface area contributed by atoms with Crippen molar-refractivity contribution in [2.45, 2.75) is 0 Å². The van der Waals surface area contributed by atoms with Crippen LogP contribution in [0.3, 0.4) is 0 Å². The van der Waals surface area contributed by atoms with E-state index < -0.39 is 34.6 Å². The summed E-state index contributed by atoms with van der Waals surface area (Å²) in [5, 5.41) is 40.5. The molecule has 0 unspecified atom stereocenters. The molecule has 9 heteroatoms. The first-order chi connectivity index (χ1) is 6.43. The summed E-state index contributed by atoms with van der Waals surface area (Å²) >= 11 is 0. The van der Waals surface area contributed by atoms with Gasteiger partial charge in [0.15, 0.2) is 0 Å².